The lowest BCUT2D eigenvalue weighted by Gasteiger charge is -2.43. The van der Waals surface area contributed by atoms with E-state index in [0.29, 0.717) is 0 Å². The van der Waals surface area contributed by atoms with Crippen molar-refractivity contribution in [2.45, 2.75) is 71.1 Å². The maximum atomic E-state index is 13.7. The summed E-state index contributed by atoms with van der Waals surface area (Å²) in [5.74, 6) is -56.2. The van der Waals surface area contributed by atoms with Crippen LogP contribution in [0, 0.1) is 0 Å². The molecule has 0 aliphatic carbocycles. The molecule has 0 fully saturated rings. The van der Waals surface area contributed by atoms with Gasteiger partial charge in [-0.1, -0.05) is 0 Å². The van der Waals surface area contributed by atoms with Gasteiger partial charge in [0.1, 0.15) is 0 Å². The second-order valence-electron chi connectivity index (χ2n) is 7.19. The van der Waals surface area contributed by atoms with E-state index < -0.39 is 78.9 Å². The zero-order valence-corrected chi connectivity index (χ0v) is 17.9. The number of hydrogen-bond donors (Lipinski definition) is 0. The molecule has 0 saturated heterocycles. The molecule has 41 heavy (non-hydrogen) atoms. The number of halogens is 28. The standard InChI is InChI=1S/C12F28P/c13-1(8(26,27)28,2(14,15)9(29,30)31)3(16,17)11(35,36)41(39,40)12(37,38)7(24,25)5(20,21)4(18,19)6(22,23)10(32,33)34/q+1. The number of hydrogen-bond acceptors (Lipinski definition) is 0. The molecule has 0 aliphatic rings. The Labute approximate surface area is 203 Å². The summed E-state index contributed by atoms with van der Waals surface area (Å²) in [5.41, 5.74) is -29.2. The van der Waals surface area contributed by atoms with Gasteiger partial charge in [-0.3, -0.25) is 0 Å². The fourth-order valence-corrected chi connectivity index (χ4v) is 3.60. The van der Waals surface area contributed by atoms with E-state index in [-0.39, 0.29) is 0 Å². The van der Waals surface area contributed by atoms with E-state index in [2.05, 4.69) is 0 Å². The average molecular weight is 707 g/mol. The monoisotopic (exact) mass is 707 g/mol. The van der Waals surface area contributed by atoms with Gasteiger partial charge in [0, 0.05) is 0 Å². The van der Waals surface area contributed by atoms with Crippen molar-refractivity contribution in [2.24, 2.45) is 0 Å². The fourth-order valence-electron chi connectivity index (χ4n) is 2.25. The Hall–Kier alpha value is -1.53. The summed E-state index contributed by atoms with van der Waals surface area (Å²) in [4.78, 5) is 0. The second-order valence-corrected chi connectivity index (χ2v) is 9.35. The summed E-state index contributed by atoms with van der Waals surface area (Å²) < 4.78 is 363. The smallest absolute Gasteiger partial charge is 0.219 e. The molecule has 0 aromatic carbocycles. The molecule has 1 atom stereocenters. The molecular formula is C12F28P+. The Kier molecular flexibility index (Phi) is 8.89. The van der Waals surface area contributed by atoms with E-state index in [1.165, 1.54) is 0 Å². The Balaban J connectivity index is 7.67. The van der Waals surface area contributed by atoms with E-state index in [1.54, 1.807) is 0 Å². The number of rotatable bonds is 9. The zero-order chi connectivity index (χ0) is 34.5. The first kappa shape index (κ1) is 39.5. The van der Waals surface area contributed by atoms with Gasteiger partial charge in [0.05, 0.1) is 0 Å². The molecule has 29 heteroatoms. The van der Waals surface area contributed by atoms with Gasteiger partial charge in [0.15, 0.2) is 0 Å². The summed E-state index contributed by atoms with van der Waals surface area (Å²) in [6.07, 6.45) is -25.8. The van der Waals surface area contributed by atoms with Crippen molar-refractivity contribution in [3.05, 3.63) is 0 Å². The first-order valence-electron chi connectivity index (χ1n) is 8.20. The Bertz CT molecular complexity index is 958. The fraction of sp³-hybridized carbons (Fsp3) is 1.00. The van der Waals surface area contributed by atoms with Crippen molar-refractivity contribution in [2.75, 3.05) is 0 Å². The third-order valence-corrected chi connectivity index (χ3v) is 6.58. The van der Waals surface area contributed by atoms with Gasteiger partial charge in [-0.25, -0.2) is 4.39 Å². The lowest BCUT2D eigenvalue weighted by molar-refractivity contribution is -0.441. The molecule has 0 spiro atoms. The molecule has 0 saturated carbocycles. The van der Waals surface area contributed by atoms with Gasteiger partial charge in [-0.05, 0) is 8.39 Å². The zero-order valence-electron chi connectivity index (χ0n) is 17.0. The molecular weight excluding hydrogens is 707 g/mol. The molecule has 0 rings (SSSR count). The van der Waals surface area contributed by atoms with Gasteiger partial charge >= 0.3 is 78.9 Å². The molecule has 0 bridgehead atoms. The van der Waals surface area contributed by atoms with Crippen LogP contribution in [0.3, 0.4) is 0 Å². The van der Waals surface area contributed by atoms with E-state index in [4.69, 9.17) is 0 Å². The average Bonchev–Trinajstić information content (AvgIpc) is 2.69. The maximum absolute atomic E-state index is 13.7. The van der Waals surface area contributed by atoms with Crippen LogP contribution in [0.25, 0.3) is 0 Å². The minimum Gasteiger partial charge on any atom is -0.219 e. The van der Waals surface area contributed by atoms with Gasteiger partial charge in [-0.15, -0.1) is 0 Å². The predicted molar refractivity (Wildman–Crippen MR) is 70.7 cm³/mol. The maximum Gasteiger partial charge on any atom is 0.540 e. The predicted octanol–water partition coefficient (Wildman–Crippen LogP) is 10.2. The first-order chi connectivity index (χ1) is 17.0. The normalized spacial score (nSPS) is 18.4. The highest BCUT2D eigenvalue weighted by Crippen LogP contribution is 2.89. The topological polar surface area (TPSA) is 0 Å². The van der Waals surface area contributed by atoms with Crippen molar-refractivity contribution in [3.8, 4) is 0 Å². The Morgan fingerprint density at radius 3 is 0.732 bits per heavy atom. The van der Waals surface area contributed by atoms with Crippen LogP contribution in [0.5, 0.6) is 0 Å². The van der Waals surface area contributed by atoms with Crippen LogP contribution >= 0.6 is 7.88 Å². The van der Waals surface area contributed by atoms with Crippen molar-refractivity contribution in [1.29, 1.82) is 0 Å². The molecule has 0 heterocycles. The van der Waals surface area contributed by atoms with Crippen molar-refractivity contribution < 1.29 is 123 Å². The molecule has 248 valence electrons. The Morgan fingerprint density at radius 1 is 0.244 bits per heavy atom. The van der Waals surface area contributed by atoms with Crippen LogP contribution in [0.2, 0.25) is 0 Å². The summed E-state index contributed by atoms with van der Waals surface area (Å²) in [5, 5.41) is 0. The van der Waals surface area contributed by atoms with Gasteiger partial charge in [0.25, 0.3) is 0 Å². The SMILES string of the molecule is FC(F)(F)C(F)(F)C(F)(F)C(F)(F)C(F)(F)C(F)(F)[P+](F)(F)C(F)(F)C(F)(F)C(F)(C(F)(F)F)C(F)(F)C(F)(F)F. The molecule has 0 nitrogen and oxygen atoms in total. The molecule has 0 N–H and O–H groups in total. The van der Waals surface area contributed by atoms with Crippen LogP contribution in [-0.2, 0) is 0 Å². The molecule has 0 aromatic rings. The van der Waals surface area contributed by atoms with E-state index in [1.807, 2.05) is 0 Å². The van der Waals surface area contributed by atoms with E-state index >= 15 is 0 Å². The summed E-state index contributed by atoms with van der Waals surface area (Å²) in [6.45, 7) is 0. The van der Waals surface area contributed by atoms with Gasteiger partial charge in [0.2, 0.25) is 0 Å². The minimum atomic E-state index is -11.6. The van der Waals surface area contributed by atoms with Crippen molar-refractivity contribution in [1.82, 2.24) is 0 Å². The van der Waals surface area contributed by atoms with Crippen LogP contribution < -0.4 is 0 Å². The molecule has 1 unspecified atom stereocenters. The van der Waals surface area contributed by atoms with Crippen LogP contribution in [-0.4, -0.2) is 71.1 Å². The molecule has 0 radical (unpaired) electrons. The third kappa shape index (κ3) is 4.51. The first-order valence-corrected chi connectivity index (χ1v) is 9.77. The second kappa shape index (κ2) is 9.24. The largest absolute Gasteiger partial charge is 0.540 e. The number of alkyl halides is 26. The summed E-state index contributed by atoms with van der Waals surface area (Å²) in [6, 6.07) is 0. The van der Waals surface area contributed by atoms with Crippen LogP contribution in [0.4, 0.5) is 123 Å². The van der Waals surface area contributed by atoms with Gasteiger partial charge < -0.3 is 0 Å². The van der Waals surface area contributed by atoms with Crippen LogP contribution in [0.15, 0.2) is 0 Å². The highest BCUT2D eigenvalue weighted by molar-refractivity contribution is 7.68. The van der Waals surface area contributed by atoms with E-state index in [9.17, 15) is 123 Å². The Morgan fingerprint density at radius 2 is 0.488 bits per heavy atom. The molecule has 0 aromatic heterocycles. The molecule has 0 amide bonds. The van der Waals surface area contributed by atoms with Crippen molar-refractivity contribution in [3.63, 3.8) is 0 Å². The highest BCUT2D eigenvalue weighted by atomic mass is 31.2. The van der Waals surface area contributed by atoms with Crippen molar-refractivity contribution >= 4 is 7.88 Å². The quantitative estimate of drug-likeness (QED) is 0.165. The minimum absolute atomic E-state index is 8.26. The highest BCUT2D eigenvalue weighted by Gasteiger charge is 3.07. The molecule has 0 aliphatic heterocycles. The third-order valence-electron chi connectivity index (χ3n) is 4.61. The lowest BCUT2D eigenvalue weighted by Crippen LogP contribution is -2.75. The summed E-state index contributed by atoms with van der Waals surface area (Å²) >= 11 is 0. The van der Waals surface area contributed by atoms with Crippen LogP contribution in [0.1, 0.15) is 0 Å². The lowest BCUT2D eigenvalue weighted by atomic mass is 9.88. The van der Waals surface area contributed by atoms with Gasteiger partial charge in [-0.2, -0.15) is 110 Å². The summed E-state index contributed by atoms with van der Waals surface area (Å²) in [7, 11) is -11.6. The van der Waals surface area contributed by atoms with E-state index in [0.717, 1.165) is 0 Å².